The van der Waals surface area contributed by atoms with Crippen LogP contribution >= 0.6 is 0 Å². The van der Waals surface area contributed by atoms with Gasteiger partial charge in [0.05, 0.1) is 0 Å². The summed E-state index contributed by atoms with van der Waals surface area (Å²) >= 11 is 0. The number of aryl methyl sites for hydroxylation is 2. The molecule has 0 bridgehead atoms. The van der Waals surface area contributed by atoms with Gasteiger partial charge in [0.2, 0.25) is 0 Å². The Bertz CT molecular complexity index is 383. The van der Waals surface area contributed by atoms with Gasteiger partial charge in [0, 0.05) is 0 Å². The fourth-order valence-electron chi connectivity index (χ4n) is 3.01. The third-order valence-electron chi connectivity index (χ3n) is 4.38. The first-order chi connectivity index (χ1) is 8.74. The molecule has 18 heavy (non-hydrogen) atoms. The zero-order valence-corrected chi connectivity index (χ0v) is 11.5. The lowest BCUT2D eigenvalue weighted by Gasteiger charge is -2.22. The molecule has 0 fully saturated rings. The Morgan fingerprint density at radius 2 is 1.72 bits per heavy atom. The SMILES string of the molecule is CC(Cc1ccc2c(c1)CCCC2)C(CN)CN. The Morgan fingerprint density at radius 1 is 1.06 bits per heavy atom. The van der Waals surface area contributed by atoms with Gasteiger partial charge >= 0.3 is 0 Å². The topological polar surface area (TPSA) is 52.0 Å². The van der Waals surface area contributed by atoms with E-state index in [4.69, 9.17) is 11.5 Å². The summed E-state index contributed by atoms with van der Waals surface area (Å²) in [6.45, 7) is 3.66. The van der Waals surface area contributed by atoms with Gasteiger partial charge in [0.15, 0.2) is 0 Å². The van der Waals surface area contributed by atoms with Gasteiger partial charge in [0.25, 0.3) is 0 Å². The van der Waals surface area contributed by atoms with Crippen molar-refractivity contribution in [3.63, 3.8) is 0 Å². The molecule has 0 spiro atoms. The normalized spacial score (nSPS) is 16.7. The molecule has 0 aromatic heterocycles. The first-order valence-corrected chi connectivity index (χ1v) is 7.25. The highest BCUT2D eigenvalue weighted by atomic mass is 14.6. The number of hydrogen-bond acceptors (Lipinski definition) is 2. The van der Waals surface area contributed by atoms with Gasteiger partial charge < -0.3 is 11.5 Å². The average molecular weight is 246 g/mol. The second kappa shape index (κ2) is 6.35. The Morgan fingerprint density at radius 3 is 2.39 bits per heavy atom. The second-order valence-corrected chi connectivity index (χ2v) is 5.72. The van der Waals surface area contributed by atoms with Crippen molar-refractivity contribution in [1.29, 1.82) is 0 Å². The molecule has 1 unspecified atom stereocenters. The molecule has 0 saturated heterocycles. The van der Waals surface area contributed by atoms with Crippen molar-refractivity contribution in [2.75, 3.05) is 13.1 Å². The maximum atomic E-state index is 5.77. The predicted octanol–water partition coefficient (Wildman–Crippen LogP) is 2.28. The lowest BCUT2D eigenvalue weighted by molar-refractivity contribution is 0.372. The molecule has 2 nitrogen and oxygen atoms in total. The summed E-state index contributed by atoms with van der Waals surface area (Å²) in [4.78, 5) is 0. The molecule has 1 aliphatic rings. The van der Waals surface area contributed by atoms with Crippen molar-refractivity contribution in [3.05, 3.63) is 34.9 Å². The Balaban J connectivity index is 2.05. The average Bonchev–Trinajstić information content (AvgIpc) is 2.40. The first kappa shape index (κ1) is 13.6. The number of rotatable bonds is 5. The first-order valence-electron chi connectivity index (χ1n) is 7.25. The minimum atomic E-state index is 0.445. The molecular weight excluding hydrogens is 220 g/mol. The molecule has 0 radical (unpaired) electrons. The lowest BCUT2D eigenvalue weighted by Crippen LogP contribution is -2.30. The van der Waals surface area contributed by atoms with E-state index in [-0.39, 0.29) is 0 Å². The van der Waals surface area contributed by atoms with Crippen LogP contribution in [0.1, 0.15) is 36.5 Å². The molecule has 0 aliphatic heterocycles. The molecule has 0 heterocycles. The van der Waals surface area contributed by atoms with E-state index in [1.165, 1.54) is 31.2 Å². The Kier molecular flexibility index (Phi) is 4.79. The zero-order valence-electron chi connectivity index (χ0n) is 11.5. The predicted molar refractivity (Wildman–Crippen MR) is 77.6 cm³/mol. The summed E-state index contributed by atoms with van der Waals surface area (Å²) in [5.74, 6) is 1.02. The van der Waals surface area contributed by atoms with Crippen LogP contribution in [0.15, 0.2) is 18.2 Å². The van der Waals surface area contributed by atoms with Crippen molar-refractivity contribution < 1.29 is 0 Å². The van der Waals surface area contributed by atoms with Crippen LogP contribution in [0.4, 0.5) is 0 Å². The molecule has 1 aromatic rings. The molecule has 2 heteroatoms. The third kappa shape index (κ3) is 3.12. The van der Waals surface area contributed by atoms with E-state index in [0.717, 1.165) is 6.42 Å². The van der Waals surface area contributed by atoms with E-state index in [1.807, 2.05) is 0 Å². The van der Waals surface area contributed by atoms with E-state index in [1.54, 1.807) is 11.1 Å². The van der Waals surface area contributed by atoms with Gasteiger partial charge in [-0.3, -0.25) is 0 Å². The third-order valence-corrected chi connectivity index (χ3v) is 4.38. The van der Waals surface area contributed by atoms with Gasteiger partial charge in [-0.1, -0.05) is 25.1 Å². The van der Waals surface area contributed by atoms with E-state index in [0.29, 0.717) is 24.9 Å². The molecular formula is C16H26N2. The number of hydrogen-bond donors (Lipinski definition) is 2. The van der Waals surface area contributed by atoms with Gasteiger partial charge in [0.1, 0.15) is 0 Å². The van der Waals surface area contributed by atoms with Gasteiger partial charge in [-0.05, 0) is 73.7 Å². The maximum absolute atomic E-state index is 5.77. The number of benzene rings is 1. The summed E-state index contributed by atoms with van der Waals surface area (Å²) in [6.07, 6.45) is 6.33. The van der Waals surface area contributed by atoms with Crippen molar-refractivity contribution in [1.82, 2.24) is 0 Å². The summed E-state index contributed by atoms with van der Waals surface area (Å²) in [5, 5.41) is 0. The summed E-state index contributed by atoms with van der Waals surface area (Å²) < 4.78 is 0. The van der Waals surface area contributed by atoms with Crippen LogP contribution in [-0.4, -0.2) is 13.1 Å². The van der Waals surface area contributed by atoms with Crippen LogP contribution in [0, 0.1) is 11.8 Å². The van der Waals surface area contributed by atoms with Gasteiger partial charge in [-0.2, -0.15) is 0 Å². The van der Waals surface area contributed by atoms with Crippen LogP contribution < -0.4 is 11.5 Å². The van der Waals surface area contributed by atoms with Gasteiger partial charge in [-0.25, -0.2) is 0 Å². The van der Waals surface area contributed by atoms with Crippen LogP contribution in [-0.2, 0) is 19.3 Å². The monoisotopic (exact) mass is 246 g/mol. The minimum Gasteiger partial charge on any atom is -0.330 e. The molecule has 0 saturated carbocycles. The lowest BCUT2D eigenvalue weighted by atomic mass is 9.85. The van der Waals surface area contributed by atoms with Crippen LogP contribution in [0.25, 0.3) is 0 Å². The summed E-state index contributed by atoms with van der Waals surface area (Å²) in [5.41, 5.74) is 16.1. The van der Waals surface area contributed by atoms with Crippen molar-refractivity contribution in [2.24, 2.45) is 23.3 Å². The fourth-order valence-corrected chi connectivity index (χ4v) is 3.01. The van der Waals surface area contributed by atoms with E-state index in [9.17, 15) is 0 Å². The smallest absolute Gasteiger partial charge is 0.00341 e. The van der Waals surface area contributed by atoms with Crippen LogP contribution in [0.3, 0.4) is 0 Å². The molecule has 0 amide bonds. The summed E-state index contributed by atoms with van der Waals surface area (Å²) in [6, 6.07) is 7.04. The van der Waals surface area contributed by atoms with E-state index in [2.05, 4.69) is 25.1 Å². The van der Waals surface area contributed by atoms with Crippen LogP contribution in [0.5, 0.6) is 0 Å². The highest BCUT2D eigenvalue weighted by Crippen LogP contribution is 2.24. The van der Waals surface area contributed by atoms with Crippen LogP contribution in [0.2, 0.25) is 0 Å². The second-order valence-electron chi connectivity index (χ2n) is 5.72. The van der Waals surface area contributed by atoms with Gasteiger partial charge in [-0.15, -0.1) is 0 Å². The molecule has 2 rings (SSSR count). The molecule has 1 aromatic carbocycles. The molecule has 4 N–H and O–H groups in total. The number of nitrogens with two attached hydrogens (primary N) is 2. The Labute approximate surface area is 111 Å². The van der Waals surface area contributed by atoms with E-state index >= 15 is 0 Å². The van der Waals surface area contributed by atoms with E-state index < -0.39 is 0 Å². The molecule has 1 atom stereocenters. The standard InChI is InChI=1S/C16H26N2/c1-12(16(10-17)11-18)8-13-6-7-14-4-2-3-5-15(14)9-13/h6-7,9,12,16H,2-5,8,10-11,17-18H2,1H3. The fraction of sp³-hybridized carbons (Fsp3) is 0.625. The summed E-state index contributed by atoms with van der Waals surface area (Å²) in [7, 11) is 0. The minimum absolute atomic E-state index is 0.445. The quantitative estimate of drug-likeness (QED) is 0.837. The number of fused-ring (bicyclic) bond motifs is 1. The highest BCUT2D eigenvalue weighted by Gasteiger charge is 2.16. The zero-order chi connectivity index (χ0) is 13.0. The van der Waals surface area contributed by atoms with Crippen molar-refractivity contribution >= 4 is 0 Å². The highest BCUT2D eigenvalue weighted by molar-refractivity contribution is 5.34. The van der Waals surface area contributed by atoms with Crippen molar-refractivity contribution in [2.45, 2.75) is 39.0 Å². The van der Waals surface area contributed by atoms with Crippen molar-refractivity contribution in [3.8, 4) is 0 Å². The molecule has 1 aliphatic carbocycles. The molecule has 100 valence electrons. The Hall–Kier alpha value is -0.860. The maximum Gasteiger partial charge on any atom is -0.00341 e. The largest absolute Gasteiger partial charge is 0.330 e.